The molecule has 0 amide bonds. The minimum Gasteiger partial charge on any atom is -0.245 e. The van der Waals surface area contributed by atoms with E-state index in [0.29, 0.717) is 0 Å². The largest absolute Gasteiger partial charge is 0.245 e. The number of hydrogen-bond acceptors (Lipinski definition) is 1. The van der Waals surface area contributed by atoms with Gasteiger partial charge < -0.3 is 0 Å². The van der Waals surface area contributed by atoms with Gasteiger partial charge in [0, 0.05) is 5.69 Å². The fourth-order valence-electron chi connectivity index (χ4n) is 1.37. The van der Waals surface area contributed by atoms with Gasteiger partial charge in [-0.05, 0) is 69.2 Å². The zero-order chi connectivity index (χ0) is 8.72. The van der Waals surface area contributed by atoms with Crippen LogP contribution >= 0.6 is 31.9 Å². The lowest BCUT2D eigenvalue weighted by atomic mass is 10.1. The van der Waals surface area contributed by atoms with Crippen LogP contribution in [0.25, 0.3) is 0 Å². The number of pyridine rings is 1. The van der Waals surface area contributed by atoms with Gasteiger partial charge in [0.15, 0.2) is 0 Å². The summed E-state index contributed by atoms with van der Waals surface area (Å²) in [6, 6.07) is 2.18. The van der Waals surface area contributed by atoms with Crippen molar-refractivity contribution in [2.24, 2.45) is 0 Å². The Labute approximate surface area is 88.8 Å². The van der Waals surface area contributed by atoms with Crippen LogP contribution in [-0.2, 0) is 0 Å². The van der Waals surface area contributed by atoms with Crippen LogP contribution in [-0.4, -0.2) is 4.98 Å². The van der Waals surface area contributed by atoms with Crippen molar-refractivity contribution in [1.82, 2.24) is 4.98 Å². The van der Waals surface area contributed by atoms with Crippen LogP contribution in [0.1, 0.15) is 30.0 Å². The average Bonchev–Trinajstić information content (AvgIpc) is 2.79. The van der Waals surface area contributed by atoms with Gasteiger partial charge in [0.1, 0.15) is 4.60 Å². The number of hydrogen-bond donors (Lipinski definition) is 0. The molecule has 1 aliphatic carbocycles. The lowest BCUT2D eigenvalue weighted by Crippen LogP contribution is -1.91. The van der Waals surface area contributed by atoms with Crippen LogP contribution in [0.4, 0.5) is 0 Å². The van der Waals surface area contributed by atoms with Crippen molar-refractivity contribution in [2.45, 2.75) is 25.7 Å². The van der Waals surface area contributed by atoms with Crippen LogP contribution in [0.5, 0.6) is 0 Å². The first-order chi connectivity index (χ1) is 5.68. The third-order valence-electron chi connectivity index (χ3n) is 2.18. The van der Waals surface area contributed by atoms with E-state index < -0.39 is 0 Å². The minimum atomic E-state index is 0.780. The van der Waals surface area contributed by atoms with Gasteiger partial charge in [-0.2, -0.15) is 0 Å². The van der Waals surface area contributed by atoms with Crippen LogP contribution < -0.4 is 0 Å². The third-order valence-corrected chi connectivity index (χ3v) is 3.92. The summed E-state index contributed by atoms with van der Waals surface area (Å²) in [5.74, 6) is 0.780. The maximum Gasteiger partial charge on any atom is 0.120 e. The van der Waals surface area contributed by atoms with Crippen molar-refractivity contribution in [3.63, 3.8) is 0 Å². The SMILES string of the molecule is Cc1nc(Br)c(Br)cc1C1CC1. The number of nitrogens with zero attached hydrogens (tertiary/aromatic N) is 1. The summed E-state index contributed by atoms with van der Waals surface area (Å²) in [4.78, 5) is 4.40. The predicted molar refractivity (Wildman–Crippen MR) is 56.3 cm³/mol. The normalized spacial score (nSPS) is 16.6. The molecule has 64 valence electrons. The second-order valence-corrected chi connectivity index (χ2v) is 4.82. The summed E-state index contributed by atoms with van der Waals surface area (Å²) in [6.07, 6.45) is 2.66. The topological polar surface area (TPSA) is 12.9 Å². The van der Waals surface area contributed by atoms with Gasteiger partial charge >= 0.3 is 0 Å². The second kappa shape index (κ2) is 3.11. The van der Waals surface area contributed by atoms with E-state index in [2.05, 4.69) is 49.8 Å². The Morgan fingerprint density at radius 1 is 1.42 bits per heavy atom. The molecule has 0 unspecified atom stereocenters. The molecule has 2 rings (SSSR count). The molecule has 12 heavy (non-hydrogen) atoms. The summed E-state index contributed by atoms with van der Waals surface area (Å²) >= 11 is 6.86. The van der Waals surface area contributed by atoms with E-state index in [0.717, 1.165) is 20.7 Å². The molecular weight excluding hydrogens is 282 g/mol. The Bertz CT molecular complexity index is 319. The van der Waals surface area contributed by atoms with Crippen molar-refractivity contribution in [1.29, 1.82) is 0 Å². The lowest BCUT2D eigenvalue weighted by Gasteiger charge is -2.04. The molecule has 0 N–H and O–H groups in total. The van der Waals surface area contributed by atoms with E-state index >= 15 is 0 Å². The molecule has 0 saturated heterocycles. The molecular formula is C9H9Br2N. The Hall–Kier alpha value is 0.110. The zero-order valence-electron chi connectivity index (χ0n) is 6.77. The fourth-order valence-corrected chi connectivity index (χ4v) is 2.09. The van der Waals surface area contributed by atoms with Crippen molar-refractivity contribution >= 4 is 31.9 Å². The number of halogens is 2. The molecule has 0 radical (unpaired) electrons. The molecule has 0 aliphatic heterocycles. The number of aromatic nitrogens is 1. The number of aryl methyl sites for hydroxylation is 1. The quantitative estimate of drug-likeness (QED) is 0.717. The Morgan fingerprint density at radius 3 is 2.67 bits per heavy atom. The van der Waals surface area contributed by atoms with Crippen molar-refractivity contribution in [3.05, 3.63) is 26.4 Å². The molecule has 1 aromatic rings. The van der Waals surface area contributed by atoms with Gasteiger partial charge in [-0.15, -0.1) is 0 Å². The highest BCUT2D eigenvalue weighted by Gasteiger charge is 2.26. The fraction of sp³-hybridized carbons (Fsp3) is 0.444. The van der Waals surface area contributed by atoms with Crippen LogP contribution in [0.3, 0.4) is 0 Å². The molecule has 0 bridgehead atoms. The van der Waals surface area contributed by atoms with E-state index in [9.17, 15) is 0 Å². The average molecular weight is 291 g/mol. The standard InChI is InChI=1S/C9H9Br2N/c1-5-7(6-2-3-6)4-8(10)9(11)12-5/h4,6H,2-3H2,1H3. The molecule has 1 nitrogen and oxygen atoms in total. The van der Waals surface area contributed by atoms with Crippen molar-refractivity contribution < 1.29 is 0 Å². The highest BCUT2D eigenvalue weighted by Crippen LogP contribution is 2.42. The van der Waals surface area contributed by atoms with Gasteiger partial charge in [-0.1, -0.05) is 0 Å². The van der Waals surface area contributed by atoms with E-state index in [1.54, 1.807) is 0 Å². The summed E-state index contributed by atoms with van der Waals surface area (Å²) in [6.45, 7) is 2.07. The monoisotopic (exact) mass is 289 g/mol. The van der Waals surface area contributed by atoms with Gasteiger partial charge in [0.05, 0.1) is 4.47 Å². The minimum absolute atomic E-state index is 0.780. The molecule has 0 atom stereocenters. The third kappa shape index (κ3) is 1.57. The van der Waals surface area contributed by atoms with Crippen LogP contribution in [0, 0.1) is 6.92 Å². The van der Waals surface area contributed by atoms with Crippen LogP contribution in [0.15, 0.2) is 15.1 Å². The van der Waals surface area contributed by atoms with E-state index in [-0.39, 0.29) is 0 Å². The summed E-state index contributed by atoms with van der Waals surface area (Å²) < 4.78 is 1.97. The summed E-state index contributed by atoms with van der Waals surface area (Å²) in [5, 5.41) is 0. The first-order valence-electron chi connectivity index (χ1n) is 4.01. The molecule has 1 fully saturated rings. The molecule has 1 saturated carbocycles. The molecule has 0 aromatic carbocycles. The highest BCUT2D eigenvalue weighted by molar-refractivity contribution is 9.13. The first kappa shape index (κ1) is 8.70. The Balaban J connectivity index is 2.47. The van der Waals surface area contributed by atoms with E-state index in [1.807, 2.05) is 0 Å². The van der Waals surface area contributed by atoms with Gasteiger partial charge in [-0.25, -0.2) is 4.98 Å². The van der Waals surface area contributed by atoms with Crippen LogP contribution in [0.2, 0.25) is 0 Å². The number of rotatable bonds is 1. The molecule has 1 aliphatic rings. The van der Waals surface area contributed by atoms with Crippen molar-refractivity contribution in [2.75, 3.05) is 0 Å². The summed E-state index contributed by atoms with van der Waals surface area (Å²) in [7, 11) is 0. The maximum atomic E-state index is 4.40. The highest BCUT2D eigenvalue weighted by atomic mass is 79.9. The van der Waals surface area contributed by atoms with E-state index in [4.69, 9.17) is 0 Å². The lowest BCUT2D eigenvalue weighted by molar-refractivity contribution is 1.02. The van der Waals surface area contributed by atoms with E-state index in [1.165, 1.54) is 18.4 Å². The molecule has 0 spiro atoms. The van der Waals surface area contributed by atoms with Gasteiger partial charge in [0.25, 0.3) is 0 Å². The summed E-state index contributed by atoms with van der Waals surface area (Å²) in [5.41, 5.74) is 2.57. The van der Waals surface area contributed by atoms with Crippen molar-refractivity contribution in [3.8, 4) is 0 Å². The molecule has 3 heteroatoms. The smallest absolute Gasteiger partial charge is 0.120 e. The predicted octanol–water partition coefficient (Wildman–Crippen LogP) is 3.79. The Kier molecular flexibility index (Phi) is 2.25. The zero-order valence-corrected chi connectivity index (χ0v) is 9.94. The first-order valence-corrected chi connectivity index (χ1v) is 5.59. The molecule has 1 heterocycles. The maximum absolute atomic E-state index is 4.40. The van der Waals surface area contributed by atoms with Gasteiger partial charge in [-0.3, -0.25) is 0 Å². The molecule has 1 aromatic heterocycles. The Morgan fingerprint density at radius 2 is 2.08 bits per heavy atom. The van der Waals surface area contributed by atoms with Gasteiger partial charge in [0.2, 0.25) is 0 Å². The second-order valence-electron chi connectivity index (χ2n) is 3.21.